The van der Waals surface area contributed by atoms with E-state index in [9.17, 15) is 4.39 Å². The van der Waals surface area contributed by atoms with Gasteiger partial charge in [0.25, 0.3) is 0 Å². The van der Waals surface area contributed by atoms with Crippen LogP contribution in [0.3, 0.4) is 0 Å². The topological polar surface area (TPSA) is 24.1 Å². The first-order valence-electron chi connectivity index (χ1n) is 7.66. The maximum atomic E-state index is 13.2. The van der Waals surface area contributed by atoms with Crippen LogP contribution >= 0.6 is 12.2 Å². The normalized spacial score (nSPS) is 10.2. The van der Waals surface area contributed by atoms with Gasteiger partial charge in [0.05, 0.1) is 0 Å². The van der Waals surface area contributed by atoms with Gasteiger partial charge in [-0.15, -0.1) is 0 Å². The summed E-state index contributed by atoms with van der Waals surface area (Å²) in [6.07, 6.45) is 0.812. The molecule has 3 aromatic carbocycles. The molecule has 3 rings (SSSR count). The van der Waals surface area contributed by atoms with Crippen LogP contribution in [0.25, 0.3) is 0 Å². The maximum absolute atomic E-state index is 13.2. The summed E-state index contributed by atoms with van der Waals surface area (Å²) in [5.74, 6) is -0.299. The summed E-state index contributed by atoms with van der Waals surface area (Å²) >= 11 is 5.34. The van der Waals surface area contributed by atoms with Gasteiger partial charge in [-0.25, -0.2) is 4.39 Å². The lowest BCUT2D eigenvalue weighted by atomic mass is 10.0. The van der Waals surface area contributed by atoms with E-state index in [-0.39, 0.29) is 5.82 Å². The second-order valence-corrected chi connectivity index (χ2v) is 5.82. The summed E-state index contributed by atoms with van der Waals surface area (Å²) in [5.41, 5.74) is 3.94. The van der Waals surface area contributed by atoms with Gasteiger partial charge in [-0.05, 0) is 54.0 Å². The molecule has 0 spiro atoms. The van der Waals surface area contributed by atoms with E-state index in [1.54, 1.807) is 12.1 Å². The van der Waals surface area contributed by atoms with E-state index in [4.69, 9.17) is 12.2 Å². The van der Waals surface area contributed by atoms with Gasteiger partial charge in [-0.2, -0.15) is 0 Å². The van der Waals surface area contributed by atoms with Crippen molar-refractivity contribution >= 4 is 28.7 Å². The Morgan fingerprint density at radius 2 is 1.58 bits per heavy atom. The molecular weight excluding hydrogens is 319 g/mol. The molecule has 3 aromatic rings. The minimum atomic E-state index is -0.299. The molecule has 0 fully saturated rings. The van der Waals surface area contributed by atoms with Crippen LogP contribution in [0.15, 0.2) is 78.9 Å². The number of thiocarbonyl (C=S) groups is 1. The fraction of sp³-hybridized carbons (Fsp3) is 0.0500. The molecule has 0 aliphatic rings. The predicted molar refractivity (Wildman–Crippen MR) is 102 cm³/mol. The SMILES string of the molecule is Fc1cccc(NC(=S)Nc2ccccc2Cc2ccccc2)c1. The van der Waals surface area contributed by atoms with E-state index < -0.39 is 0 Å². The molecule has 0 amide bonds. The molecule has 0 unspecified atom stereocenters. The highest BCUT2D eigenvalue weighted by Crippen LogP contribution is 2.19. The Labute approximate surface area is 146 Å². The summed E-state index contributed by atoms with van der Waals surface area (Å²) in [5, 5.41) is 6.63. The van der Waals surface area contributed by atoms with Crippen molar-refractivity contribution in [2.24, 2.45) is 0 Å². The molecule has 0 aliphatic heterocycles. The van der Waals surface area contributed by atoms with Gasteiger partial charge in [-0.3, -0.25) is 0 Å². The van der Waals surface area contributed by atoms with Gasteiger partial charge in [0.15, 0.2) is 5.11 Å². The standard InChI is InChI=1S/C20H17FN2S/c21-17-10-6-11-18(14-17)22-20(24)23-19-12-5-4-9-16(19)13-15-7-2-1-3-8-15/h1-12,14H,13H2,(H2,22,23,24). The molecule has 0 heterocycles. The zero-order chi connectivity index (χ0) is 16.8. The zero-order valence-corrected chi connectivity index (χ0v) is 13.8. The summed E-state index contributed by atoms with van der Waals surface area (Å²) < 4.78 is 13.2. The Bertz CT molecular complexity index is 834. The minimum Gasteiger partial charge on any atom is -0.332 e. The third kappa shape index (κ3) is 4.40. The van der Waals surface area contributed by atoms with Crippen LogP contribution in [-0.4, -0.2) is 5.11 Å². The maximum Gasteiger partial charge on any atom is 0.175 e. The van der Waals surface area contributed by atoms with Crippen LogP contribution in [0, 0.1) is 5.82 Å². The Balaban J connectivity index is 1.72. The van der Waals surface area contributed by atoms with E-state index in [2.05, 4.69) is 28.8 Å². The third-order valence-electron chi connectivity index (χ3n) is 3.59. The molecule has 0 radical (unpaired) electrons. The molecule has 2 N–H and O–H groups in total. The molecule has 0 aliphatic carbocycles. The molecule has 0 bridgehead atoms. The lowest BCUT2D eigenvalue weighted by Crippen LogP contribution is -2.20. The predicted octanol–water partition coefficient (Wildman–Crippen LogP) is 5.23. The molecule has 0 atom stereocenters. The van der Waals surface area contributed by atoms with E-state index in [0.29, 0.717) is 10.8 Å². The van der Waals surface area contributed by atoms with Crippen molar-refractivity contribution in [1.82, 2.24) is 0 Å². The largest absolute Gasteiger partial charge is 0.332 e. The van der Waals surface area contributed by atoms with Crippen LogP contribution < -0.4 is 10.6 Å². The van der Waals surface area contributed by atoms with Crippen molar-refractivity contribution in [3.63, 3.8) is 0 Å². The summed E-state index contributed by atoms with van der Waals surface area (Å²) in [7, 11) is 0. The van der Waals surface area contributed by atoms with E-state index in [0.717, 1.165) is 17.7 Å². The van der Waals surface area contributed by atoms with Crippen LogP contribution in [0.2, 0.25) is 0 Å². The molecule has 120 valence electrons. The first-order chi connectivity index (χ1) is 11.7. The van der Waals surface area contributed by atoms with Crippen molar-refractivity contribution in [2.45, 2.75) is 6.42 Å². The highest BCUT2D eigenvalue weighted by molar-refractivity contribution is 7.80. The zero-order valence-electron chi connectivity index (χ0n) is 13.0. The number of halogens is 1. The Morgan fingerprint density at radius 3 is 2.38 bits per heavy atom. The van der Waals surface area contributed by atoms with Crippen molar-refractivity contribution < 1.29 is 4.39 Å². The molecule has 0 aromatic heterocycles. The van der Waals surface area contributed by atoms with Crippen molar-refractivity contribution in [1.29, 1.82) is 0 Å². The van der Waals surface area contributed by atoms with Crippen LogP contribution in [-0.2, 0) is 6.42 Å². The highest BCUT2D eigenvalue weighted by atomic mass is 32.1. The number of rotatable bonds is 4. The van der Waals surface area contributed by atoms with Gasteiger partial charge in [0.2, 0.25) is 0 Å². The average Bonchev–Trinajstić information content (AvgIpc) is 2.57. The van der Waals surface area contributed by atoms with Crippen LogP contribution in [0.5, 0.6) is 0 Å². The Hall–Kier alpha value is -2.72. The van der Waals surface area contributed by atoms with Gasteiger partial charge in [0.1, 0.15) is 5.82 Å². The average molecular weight is 336 g/mol. The summed E-state index contributed by atoms with van der Waals surface area (Å²) in [6, 6.07) is 24.5. The number of para-hydroxylation sites is 1. The number of hydrogen-bond acceptors (Lipinski definition) is 1. The highest BCUT2D eigenvalue weighted by Gasteiger charge is 2.05. The van der Waals surface area contributed by atoms with Gasteiger partial charge in [-0.1, -0.05) is 54.6 Å². The number of hydrogen-bond donors (Lipinski definition) is 2. The molecule has 0 saturated carbocycles. The lowest BCUT2D eigenvalue weighted by Gasteiger charge is -2.14. The molecule has 0 saturated heterocycles. The molecular formula is C20H17FN2S. The lowest BCUT2D eigenvalue weighted by molar-refractivity contribution is 0.628. The van der Waals surface area contributed by atoms with E-state index >= 15 is 0 Å². The monoisotopic (exact) mass is 336 g/mol. The first kappa shape index (κ1) is 16.1. The van der Waals surface area contributed by atoms with Crippen LogP contribution in [0.4, 0.5) is 15.8 Å². The molecule has 24 heavy (non-hydrogen) atoms. The van der Waals surface area contributed by atoms with Gasteiger partial charge in [0, 0.05) is 11.4 Å². The van der Waals surface area contributed by atoms with Crippen molar-refractivity contribution in [2.75, 3.05) is 10.6 Å². The van der Waals surface area contributed by atoms with E-state index in [1.807, 2.05) is 36.4 Å². The fourth-order valence-corrected chi connectivity index (χ4v) is 2.69. The van der Waals surface area contributed by atoms with Crippen molar-refractivity contribution in [3.05, 3.63) is 95.8 Å². The second kappa shape index (κ2) is 7.70. The van der Waals surface area contributed by atoms with Crippen LogP contribution in [0.1, 0.15) is 11.1 Å². The number of nitrogens with one attached hydrogen (secondary N) is 2. The third-order valence-corrected chi connectivity index (χ3v) is 3.79. The second-order valence-electron chi connectivity index (χ2n) is 5.41. The molecule has 2 nitrogen and oxygen atoms in total. The molecule has 4 heteroatoms. The number of anilines is 2. The van der Waals surface area contributed by atoms with Gasteiger partial charge >= 0.3 is 0 Å². The van der Waals surface area contributed by atoms with E-state index in [1.165, 1.54) is 17.7 Å². The summed E-state index contributed by atoms with van der Waals surface area (Å²) in [6.45, 7) is 0. The van der Waals surface area contributed by atoms with Crippen molar-refractivity contribution in [3.8, 4) is 0 Å². The quantitative estimate of drug-likeness (QED) is 0.638. The smallest absolute Gasteiger partial charge is 0.175 e. The Kier molecular flexibility index (Phi) is 5.18. The first-order valence-corrected chi connectivity index (χ1v) is 8.07. The minimum absolute atomic E-state index is 0.299. The summed E-state index contributed by atoms with van der Waals surface area (Å²) in [4.78, 5) is 0. The van der Waals surface area contributed by atoms with Gasteiger partial charge < -0.3 is 10.6 Å². The number of benzene rings is 3. The Morgan fingerprint density at radius 1 is 0.833 bits per heavy atom. The fourth-order valence-electron chi connectivity index (χ4n) is 2.46.